The van der Waals surface area contributed by atoms with Gasteiger partial charge in [0.05, 0.1) is 6.10 Å². The minimum absolute atomic E-state index is 0.165. The molecule has 0 aliphatic heterocycles. The van der Waals surface area contributed by atoms with Gasteiger partial charge in [-0.05, 0) is 50.5 Å². The van der Waals surface area contributed by atoms with Crippen molar-refractivity contribution in [1.82, 2.24) is 0 Å². The molecule has 0 unspecified atom stereocenters. The minimum atomic E-state index is -0.165. The first-order valence-electron chi connectivity index (χ1n) is 7.16. The lowest BCUT2D eigenvalue weighted by Gasteiger charge is -2.23. The summed E-state index contributed by atoms with van der Waals surface area (Å²) in [5, 5.41) is 9.41. The fraction of sp³-hybridized carbons (Fsp3) is 0.800. The number of hydrogen-bond acceptors (Lipinski definition) is 2. The maximum absolute atomic E-state index is 12.0. The largest absolute Gasteiger partial charge is 0.393 e. The van der Waals surface area contributed by atoms with Crippen molar-refractivity contribution < 1.29 is 9.90 Å². The lowest BCUT2D eigenvalue weighted by molar-refractivity contribution is -0.119. The Bertz CT molecular complexity index is 269. The van der Waals surface area contributed by atoms with Gasteiger partial charge < -0.3 is 5.11 Å². The summed E-state index contributed by atoms with van der Waals surface area (Å²) in [6.45, 7) is 0. The van der Waals surface area contributed by atoms with Crippen molar-refractivity contribution in [3.63, 3.8) is 0 Å². The van der Waals surface area contributed by atoms with E-state index in [1.165, 1.54) is 32.1 Å². The lowest BCUT2D eigenvalue weighted by Crippen LogP contribution is -2.23. The normalized spacial score (nSPS) is 31.8. The molecule has 2 rings (SSSR count). The van der Waals surface area contributed by atoms with E-state index in [2.05, 4.69) is 6.08 Å². The summed E-state index contributed by atoms with van der Waals surface area (Å²) in [5.41, 5.74) is 0. The van der Waals surface area contributed by atoms with Gasteiger partial charge in [-0.25, -0.2) is 0 Å². The van der Waals surface area contributed by atoms with E-state index < -0.39 is 0 Å². The highest BCUT2D eigenvalue weighted by molar-refractivity contribution is 5.91. The third-order valence-corrected chi connectivity index (χ3v) is 4.28. The lowest BCUT2D eigenvalue weighted by atomic mass is 9.83. The van der Waals surface area contributed by atoms with E-state index in [1.54, 1.807) is 0 Å². The van der Waals surface area contributed by atoms with Crippen molar-refractivity contribution in [3.8, 4) is 0 Å². The summed E-state index contributed by atoms with van der Waals surface area (Å²) >= 11 is 0. The van der Waals surface area contributed by atoms with Gasteiger partial charge in [0.1, 0.15) is 0 Å². The molecule has 0 aromatic carbocycles. The van der Waals surface area contributed by atoms with Crippen molar-refractivity contribution in [2.24, 2.45) is 11.8 Å². The smallest absolute Gasteiger partial charge is 0.158 e. The first-order chi connectivity index (χ1) is 8.25. The molecule has 2 aliphatic carbocycles. The van der Waals surface area contributed by atoms with Crippen LogP contribution >= 0.6 is 0 Å². The first kappa shape index (κ1) is 12.8. The van der Waals surface area contributed by atoms with Crippen LogP contribution in [0.25, 0.3) is 0 Å². The monoisotopic (exact) mass is 236 g/mol. The number of ketones is 1. The molecule has 2 nitrogen and oxygen atoms in total. The van der Waals surface area contributed by atoms with Crippen molar-refractivity contribution in [2.75, 3.05) is 0 Å². The number of rotatable bonds is 3. The van der Waals surface area contributed by atoms with Crippen LogP contribution in [0.1, 0.15) is 57.8 Å². The Kier molecular flexibility index (Phi) is 4.78. The molecule has 2 saturated carbocycles. The van der Waals surface area contributed by atoms with Crippen molar-refractivity contribution in [3.05, 3.63) is 12.2 Å². The van der Waals surface area contributed by atoms with Gasteiger partial charge in [0, 0.05) is 5.92 Å². The molecule has 0 aromatic heterocycles. The van der Waals surface area contributed by atoms with E-state index in [-0.39, 0.29) is 12.0 Å². The van der Waals surface area contributed by atoms with Crippen LogP contribution in [-0.2, 0) is 4.79 Å². The summed E-state index contributed by atoms with van der Waals surface area (Å²) in [7, 11) is 0. The van der Waals surface area contributed by atoms with Crippen molar-refractivity contribution in [1.29, 1.82) is 0 Å². The van der Waals surface area contributed by atoms with Crippen molar-refractivity contribution in [2.45, 2.75) is 63.9 Å². The molecule has 0 bridgehead atoms. The standard InChI is InChI=1S/C15H24O2/c16-14-9-7-13(8-10-14)15(17)11-6-12-4-2-1-3-5-12/h6,11-14,16H,1-5,7-10H2/b11-6+. The molecule has 0 spiro atoms. The predicted octanol–water partition coefficient (Wildman–Crippen LogP) is 3.24. The molecule has 0 amide bonds. The average molecular weight is 236 g/mol. The number of carbonyl (C=O) groups is 1. The molecular weight excluding hydrogens is 212 g/mol. The van der Waals surface area contributed by atoms with E-state index in [0.29, 0.717) is 11.7 Å². The van der Waals surface area contributed by atoms with Crippen LogP contribution in [0.3, 0.4) is 0 Å². The quantitative estimate of drug-likeness (QED) is 0.764. The number of hydrogen-bond donors (Lipinski definition) is 1. The second kappa shape index (κ2) is 6.34. The molecule has 2 heteroatoms. The summed E-state index contributed by atoms with van der Waals surface area (Å²) in [6, 6.07) is 0. The summed E-state index contributed by atoms with van der Waals surface area (Å²) in [4.78, 5) is 12.0. The molecule has 0 radical (unpaired) electrons. The van der Waals surface area contributed by atoms with E-state index >= 15 is 0 Å². The van der Waals surface area contributed by atoms with Gasteiger partial charge in [0.25, 0.3) is 0 Å². The Morgan fingerprint density at radius 2 is 1.59 bits per heavy atom. The van der Waals surface area contributed by atoms with Crippen LogP contribution < -0.4 is 0 Å². The van der Waals surface area contributed by atoms with Gasteiger partial charge in [-0.2, -0.15) is 0 Å². The zero-order chi connectivity index (χ0) is 12.1. The molecule has 0 aromatic rings. The second-order valence-corrected chi connectivity index (χ2v) is 5.67. The Morgan fingerprint density at radius 3 is 2.24 bits per heavy atom. The van der Waals surface area contributed by atoms with Crippen molar-refractivity contribution >= 4 is 5.78 Å². The number of aliphatic hydroxyl groups excluding tert-OH is 1. The Balaban J connectivity index is 1.77. The number of aliphatic hydroxyl groups is 1. The van der Waals surface area contributed by atoms with Gasteiger partial charge in [0.2, 0.25) is 0 Å². The van der Waals surface area contributed by atoms with Gasteiger partial charge >= 0.3 is 0 Å². The van der Waals surface area contributed by atoms with Crippen LogP contribution in [0.2, 0.25) is 0 Å². The highest BCUT2D eigenvalue weighted by atomic mass is 16.3. The van der Waals surface area contributed by atoms with E-state index in [0.717, 1.165) is 25.7 Å². The van der Waals surface area contributed by atoms with Gasteiger partial charge in [-0.3, -0.25) is 4.79 Å². The van der Waals surface area contributed by atoms with Crippen LogP contribution in [0, 0.1) is 11.8 Å². The predicted molar refractivity (Wildman–Crippen MR) is 68.7 cm³/mol. The zero-order valence-corrected chi connectivity index (χ0v) is 10.6. The average Bonchev–Trinajstić information content (AvgIpc) is 2.38. The molecule has 0 atom stereocenters. The summed E-state index contributed by atoms with van der Waals surface area (Å²) in [5.74, 6) is 1.11. The zero-order valence-electron chi connectivity index (χ0n) is 10.6. The van der Waals surface area contributed by atoms with E-state index in [4.69, 9.17) is 0 Å². The number of allylic oxidation sites excluding steroid dienone is 2. The van der Waals surface area contributed by atoms with Gasteiger partial charge in [-0.15, -0.1) is 0 Å². The van der Waals surface area contributed by atoms with Gasteiger partial charge in [-0.1, -0.05) is 25.3 Å². The van der Waals surface area contributed by atoms with Gasteiger partial charge in [0.15, 0.2) is 5.78 Å². The molecule has 0 saturated heterocycles. The highest BCUT2D eigenvalue weighted by Crippen LogP contribution is 2.27. The maximum Gasteiger partial charge on any atom is 0.158 e. The molecule has 1 N–H and O–H groups in total. The Morgan fingerprint density at radius 1 is 0.941 bits per heavy atom. The third-order valence-electron chi connectivity index (χ3n) is 4.28. The number of carbonyl (C=O) groups excluding carboxylic acids is 1. The minimum Gasteiger partial charge on any atom is -0.393 e. The highest BCUT2D eigenvalue weighted by Gasteiger charge is 2.23. The SMILES string of the molecule is O=C(/C=C/C1CCCCC1)C1CCC(O)CC1. The third kappa shape index (κ3) is 3.95. The van der Waals surface area contributed by atoms with Crippen LogP contribution in [-0.4, -0.2) is 17.0 Å². The Hall–Kier alpha value is -0.630. The maximum atomic E-state index is 12.0. The summed E-state index contributed by atoms with van der Waals surface area (Å²) in [6.07, 6.45) is 13.7. The van der Waals surface area contributed by atoms with E-state index in [1.807, 2.05) is 6.08 Å². The molecular formula is C15H24O2. The molecule has 2 aliphatic rings. The fourth-order valence-electron chi connectivity index (χ4n) is 3.05. The first-order valence-corrected chi connectivity index (χ1v) is 7.16. The molecule has 0 heterocycles. The molecule has 2 fully saturated rings. The van der Waals surface area contributed by atoms with E-state index in [9.17, 15) is 9.90 Å². The molecule has 96 valence electrons. The Labute approximate surface area is 104 Å². The van der Waals surface area contributed by atoms with Crippen LogP contribution in [0.5, 0.6) is 0 Å². The summed E-state index contributed by atoms with van der Waals surface area (Å²) < 4.78 is 0. The van der Waals surface area contributed by atoms with Crippen LogP contribution in [0.15, 0.2) is 12.2 Å². The topological polar surface area (TPSA) is 37.3 Å². The molecule has 17 heavy (non-hydrogen) atoms. The fourth-order valence-corrected chi connectivity index (χ4v) is 3.05. The van der Waals surface area contributed by atoms with Crippen LogP contribution in [0.4, 0.5) is 0 Å². The second-order valence-electron chi connectivity index (χ2n) is 5.67.